The fourth-order valence-corrected chi connectivity index (χ4v) is 4.83. The summed E-state index contributed by atoms with van der Waals surface area (Å²) in [5.74, 6) is 4.46. The Morgan fingerprint density at radius 3 is 0.971 bits per heavy atom. The van der Waals surface area contributed by atoms with E-state index in [-0.39, 0.29) is 41.0 Å². The van der Waals surface area contributed by atoms with Crippen molar-refractivity contribution in [3.8, 4) is 34.5 Å². The Morgan fingerprint density at radius 1 is 0.412 bits per heavy atom. The molecule has 0 spiro atoms. The van der Waals surface area contributed by atoms with Crippen molar-refractivity contribution in [1.29, 1.82) is 0 Å². The average Bonchev–Trinajstić information content (AvgIpc) is 3.43. The van der Waals surface area contributed by atoms with Gasteiger partial charge in [-0.1, -0.05) is 60.7 Å². The van der Waals surface area contributed by atoms with E-state index in [2.05, 4.69) is 0 Å². The van der Waals surface area contributed by atoms with Crippen LogP contribution in [0.2, 0.25) is 0 Å². The van der Waals surface area contributed by atoms with Crippen molar-refractivity contribution in [2.45, 2.75) is 0 Å². The number of benzene rings is 4. The minimum absolute atomic E-state index is 0. The monoisotopic (exact) mass is 654 g/mol. The normalized spacial score (nSPS) is 12.9. The molecule has 6 rings (SSSR count). The molecule has 0 saturated carbocycles. The minimum atomic E-state index is -1.35. The Kier molecular flexibility index (Phi) is 10.1. The molecule has 6 nitrogen and oxygen atoms in total. The van der Waals surface area contributed by atoms with Crippen LogP contribution in [0.25, 0.3) is 0 Å². The molecule has 0 fully saturated rings. The van der Waals surface area contributed by atoms with E-state index in [4.69, 9.17) is 27.1 Å². The molecular weight excluding hydrogens is 637 g/mol. The molecule has 0 amide bonds. The maximum atomic E-state index is 5.58. The molecule has 178 valence electrons. The first-order valence-corrected chi connectivity index (χ1v) is 12.0. The minimum Gasteiger partial charge on any atom is -1.00 e. The third kappa shape index (κ3) is 6.91. The van der Waals surface area contributed by atoms with Crippen molar-refractivity contribution in [3.63, 3.8) is 0 Å². The molecule has 0 atom stereocenters. The van der Waals surface area contributed by atoms with E-state index in [1.807, 2.05) is 109 Å². The van der Waals surface area contributed by atoms with Crippen LogP contribution in [0.5, 0.6) is 34.5 Å². The first kappa shape index (κ1) is 26.4. The second-order valence-corrected chi connectivity index (χ2v) is 8.50. The number of hydrogen-bond donors (Lipinski definition) is 0. The van der Waals surface area contributed by atoms with Crippen molar-refractivity contribution in [2.24, 2.45) is 0 Å². The molecule has 0 unspecified atom stereocenters. The summed E-state index contributed by atoms with van der Waals surface area (Å²) < 4.78 is 33.3. The summed E-state index contributed by atoms with van der Waals surface area (Å²) in [5, 5.41) is 0. The summed E-state index contributed by atoms with van der Waals surface area (Å²) in [6, 6.07) is 34.1. The average molecular weight is 655 g/mol. The van der Waals surface area contributed by atoms with E-state index in [1.165, 1.54) is 0 Å². The van der Waals surface area contributed by atoms with Crippen molar-refractivity contribution >= 4 is 17.2 Å². The standard InChI is InChI=1S/2C12H9O3P.Cu.HI/c2*1-2-6-10(7-3-1)13-16-14-11-8-4-5-9-12(11)15-16;;/h2*1-9H;;1H/q;;+1;/p-1. The molecule has 2 aliphatic heterocycles. The number of para-hydroxylation sites is 6. The van der Waals surface area contributed by atoms with Crippen molar-refractivity contribution in [1.82, 2.24) is 0 Å². The van der Waals surface area contributed by atoms with Crippen molar-refractivity contribution in [2.75, 3.05) is 0 Å². The molecule has 4 aromatic carbocycles. The van der Waals surface area contributed by atoms with E-state index in [9.17, 15) is 0 Å². The third-order valence-corrected chi connectivity index (χ3v) is 6.34. The zero-order valence-electron chi connectivity index (χ0n) is 17.4. The van der Waals surface area contributed by atoms with Gasteiger partial charge in [0.15, 0.2) is 23.0 Å². The topological polar surface area (TPSA) is 55.4 Å². The summed E-state index contributed by atoms with van der Waals surface area (Å²) in [5.41, 5.74) is 0. The Labute approximate surface area is 228 Å². The van der Waals surface area contributed by atoms with E-state index in [1.54, 1.807) is 0 Å². The molecule has 2 heterocycles. The van der Waals surface area contributed by atoms with Gasteiger partial charge in [0.1, 0.15) is 11.5 Å². The Balaban J connectivity index is 0.000000180. The smallest absolute Gasteiger partial charge is 1.00 e. The van der Waals surface area contributed by atoms with E-state index >= 15 is 0 Å². The molecule has 4 aromatic rings. The largest absolute Gasteiger partial charge is 1.00 e. The Hall–Kier alpha value is -2.21. The summed E-state index contributed by atoms with van der Waals surface area (Å²) >= 11 is 0. The predicted octanol–water partition coefficient (Wildman–Crippen LogP) is 4.53. The van der Waals surface area contributed by atoms with Crippen molar-refractivity contribution < 1.29 is 68.2 Å². The first-order valence-electron chi connectivity index (χ1n) is 9.80. The summed E-state index contributed by atoms with van der Waals surface area (Å²) in [4.78, 5) is 0. The van der Waals surface area contributed by atoms with Gasteiger partial charge in [-0.15, -0.1) is 0 Å². The quantitative estimate of drug-likeness (QED) is 0.183. The number of halogens is 1. The molecule has 34 heavy (non-hydrogen) atoms. The Bertz CT molecular complexity index is 1030. The number of fused-ring (bicyclic) bond motifs is 2. The molecule has 0 saturated heterocycles. The van der Waals surface area contributed by atoms with Crippen LogP contribution in [0.4, 0.5) is 0 Å². The molecular formula is C24H18CuIO6P2. The molecule has 0 bridgehead atoms. The van der Waals surface area contributed by atoms with Gasteiger partial charge in [0, 0.05) is 0 Å². The fraction of sp³-hybridized carbons (Fsp3) is 0. The van der Waals surface area contributed by atoms with Gasteiger partial charge in [-0.05, 0) is 48.5 Å². The fourth-order valence-electron chi connectivity index (χ4n) is 2.77. The van der Waals surface area contributed by atoms with Crippen LogP contribution in [0.1, 0.15) is 0 Å². The van der Waals surface area contributed by atoms with Gasteiger partial charge < -0.3 is 51.1 Å². The number of rotatable bonds is 4. The maximum absolute atomic E-state index is 5.58. The second-order valence-electron chi connectivity index (χ2n) is 6.51. The van der Waals surface area contributed by atoms with Crippen LogP contribution in [-0.2, 0) is 17.1 Å². The van der Waals surface area contributed by atoms with E-state index in [0.29, 0.717) is 0 Å². The van der Waals surface area contributed by atoms with Gasteiger partial charge in [-0.25, -0.2) is 0 Å². The second kappa shape index (κ2) is 13.0. The van der Waals surface area contributed by atoms with Crippen LogP contribution in [-0.4, -0.2) is 0 Å². The summed E-state index contributed by atoms with van der Waals surface area (Å²) in [7, 11) is -2.70. The van der Waals surface area contributed by atoms with Crippen LogP contribution >= 0.6 is 17.2 Å². The van der Waals surface area contributed by atoms with Crippen molar-refractivity contribution in [3.05, 3.63) is 109 Å². The number of hydrogen-bond acceptors (Lipinski definition) is 6. The molecule has 0 aliphatic carbocycles. The molecule has 2 aliphatic rings. The maximum Gasteiger partial charge on any atom is 1.00 e. The molecule has 10 heteroatoms. The SMILES string of the molecule is [Cu+].[I-].c1ccc(OP2Oc3ccccc3O2)cc1.c1ccc(OP2Oc3ccccc3O2)cc1. The zero-order chi connectivity index (χ0) is 21.6. The van der Waals surface area contributed by atoms with Gasteiger partial charge >= 0.3 is 34.3 Å². The first-order chi connectivity index (χ1) is 15.8. The Morgan fingerprint density at radius 2 is 0.676 bits per heavy atom. The molecule has 0 N–H and O–H groups in total. The molecule has 0 radical (unpaired) electrons. The predicted molar refractivity (Wildman–Crippen MR) is 123 cm³/mol. The van der Waals surface area contributed by atoms with E-state index < -0.39 is 17.2 Å². The van der Waals surface area contributed by atoms with Crippen LogP contribution in [0, 0.1) is 0 Å². The van der Waals surface area contributed by atoms with Gasteiger partial charge in [0.05, 0.1) is 0 Å². The van der Waals surface area contributed by atoms with E-state index in [0.717, 1.165) is 34.5 Å². The van der Waals surface area contributed by atoms with Crippen LogP contribution in [0.15, 0.2) is 109 Å². The van der Waals surface area contributed by atoms with Gasteiger partial charge in [-0.2, -0.15) is 0 Å². The summed E-state index contributed by atoms with van der Waals surface area (Å²) in [6.45, 7) is 0. The van der Waals surface area contributed by atoms with Gasteiger partial charge in [-0.3, -0.25) is 0 Å². The van der Waals surface area contributed by atoms with Gasteiger partial charge in [0.25, 0.3) is 0 Å². The van der Waals surface area contributed by atoms with Crippen LogP contribution in [0.3, 0.4) is 0 Å². The zero-order valence-corrected chi connectivity index (χ0v) is 22.3. The molecule has 0 aromatic heterocycles. The van der Waals surface area contributed by atoms with Crippen LogP contribution < -0.4 is 51.1 Å². The third-order valence-electron chi connectivity index (χ3n) is 4.24. The summed E-state index contributed by atoms with van der Waals surface area (Å²) in [6.07, 6.45) is 0. The van der Waals surface area contributed by atoms with Gasteiger partial charge in [0.2, 0.25) is 0 Å².